The average Bonchev–Trinajstić information content (AvgIpc) is 1.00. The minimum atomic E-state index is 0. The van der Waals surface area contributed by atoms with E-state index < -0.39 is 0 Å². The van der Waals surface area contributed by atoms with Crippen LogP contribution in [0, 0.1) is 0 Å². The van der Waals surface area contributed by atoms with Gasteiger partial charge in [-0.25, -0.2) is 0 Å². The first kappa shape index (κ1) is 36.2. The van der Waals surface area contributed by atoms with Crippen LogP contribution in [0.5, 0.6) is 0 Å². The molecule has 0 aliphatic heterocycles. The van der Waals surface area contributed by atoms with E-state index >= 15 is 0 Å². The van der Waals surface area contributed by atoms with Crippen LogP contribution in [0.25, 0.3) is 0 Å². The second-order valence-electron chi connectivity index (χ2n) is 0. The molecular formula is H2BCoFeNiW2. The smallest absolute Gasteiger partial charge is 0 e. The second kappa shape index (κ2) is 44.0. The molecule has 0 aliphatic rings. The van der Waals surface area contributed by atoms with Crippen molar-refractivity contribution in [2.75, 3.05) is 0 Å². The summed E-state index contributed by atoms with van der Waals surface area (Å²) in [6, 6.07) is 0. The van der Waals surface area contributed by atoms with Crippen LogP contribution in [0.3, 0.4) is 0 Å². The summed E-state index contributed by atoms with van der Waals surface area (Å²) in [6.07, 6.45) is 0. The summed E-state index contributed by atoms with van der Waals surface area (Å²) in [5.74, 6) is 0. The Morgan fingerprint density at radius 1 is 1.00 bits per heavy atom. The van der Waals surface area contributed by atoms with Crippen LogP contribution in [-0.4, -0.2) is 6.74 Å². The van der Waals surface area contributed by atoms with Gasteiger partial charge in [0.05, 0.1) is 0 Å². The van der Waals surface area contributed by atoms with Gasteiger partial charge in [-0.15, -0.1) is 0 Å². The van der Waals surface area contributed by atoms with Crippen LogP contribution in [0.15, 0.2) is 0 Å². The van der Waals surface area contributed by atoms with E-state index in [4.69, 9.17) is 0 Å². The van der Waals surface area contributed by atoms with Gasteiger partial charge in [0.2, 0.25) is 0 Å². The molecule has 44 valence electrons. The van der Waals surface area contributed by atoms with Crippen LogP contribution in [0.2, 0.25) is 0 Å². The topological polar surface area (TPSA) is 0 Å². The quantitative estimate of drug-likeness (QED) is 0.340. The summed E-state index contributed by atoms with van der Waals surface area (Å²) in [5, 5.41) is 0. The maximum Gasteiger partial charge on any atom is 0 e. The summed E-state index contributed by atoms with van der Waals surface area (Å²) in [4.78, 5) is 0. The fourth-order valence-corrected chi connectivity index (χ4v) is 0. The van der Waals surface area contributed by atoms with Crippen molar-refractivity contribution in [3.8, 4) is 0 Å². The van der Waals surface area contributed by atoms with Gasteiger partial charge in [0, 0.05) is 76.0 Å². The second-order valence-corrected chi connectivity index (χ2v) is 0. The Morgan fingerprint density at radius 3 is 1.00 bits per heavy atom. The third-order valence-corrected chi connectivity index (χ3v) is 0. The summed E-state index contributed by atoms with van der Waals surface area (Å²) in [6.45, 7) is 1.62. The van der Waals surface area contributed by atoms with Crippen molar-refractivity contribution in [3.05, 3.63) is 0 Å². The molecule has 0 heterocycles. The molecule has 0 nitrogen and oxygen atoms in total. The predicted molar refractivity (Wildman–Crippen MR) is 8.54 cm³/mol. The van der Waals surface area contributed by atoms with Crippen molar-refractivity contribution < 1.29 is 91.3 Å². The van der Waals surface area contributed by atoms with Crippen molar-refractivity contribution in [1.82, 2.24) is 0 Å². The first-order valence-electron chi connectivity index (χ1n) is 0.316. The van der Waals surface area contributed by atoms with Gasteiger partial charge in [0.15, 0.2) is 0 Å². The normalized spacial score (nSPS) is 1.00. The van der Waals surface area contributed by atoms with Crippen molar-refractivity contribution in [2.24, 2.45) is 0 Å². The maximum atomic E-state index is 3.88. The van der Waals surface area contributed by atoms with Crippen LogP contribution in [-0.2, 0) is 91.3 Å². The molecule has 0 N–H and O–H groups in total. The molecule has 0 bridgehead atoms. The molecule has 0 fully saturated rings. The van der Waals surface area contributed by atoms with E-state index in [0.29, 0.717) is 0 Å². The van der Waals surface area contributed by atoms with Crippen LogP contribution in [0.1, 0.15) is 0 Å². The zero-order chi connectivity index (χ0) is 2.00. The maximum absolute atomic E-state index is 3.88. The van der Waals surface area contributed by atoms with Gasteiger partial charge in [-0.1, -0.05) is 0 Å². The Bertz CT molecular complexity index is 13.5. The molecule has 0 aromatic carbocycles. The van der Waals surface area contributed by atoms with E-state index in [1.54, 1.807) is 6.74 Å². The molecule has 0 aromatic rings. The summed E-state index contributed by atoms with van der Waals surface area (Å²) >= 11 is 3.88. The van der Waals surface area contributed by atoms with Crippen LogP contribution in [0.4, 0.5) is 0 Å². The van der Waals surface area contributed by atoms with Gasteiger partial charge in [-0.05, 0) is 0 Å². The molecule has 0 saturated heterocycles. The molecule has 1 radical (unpaired) electrons. The predicted octanol–water partition coefficient (Wildman–Crippen LogP) is -0.929. The third-order valence-electron chi connectivity index (χ3n) is 0. The van der Waals surface area contributed by atoms with E-state index in [0.717, 1.165) is 0 Å². The van der Waals surface area contributed by atoms with E-state index in [9.17, 15) is 0 Å². The molecule has 0 unspecified atom stereocenters. The Hall–Kier alpha value is 2.96. The van der Waals surface area contributed by atoms with E-state index in [1.165, 1.54) is 0 Å². The Labute approximate surface area is 96.6 Å². The fourth-order valence-electron chi connectivity index (χ4n) is 0. The summed E-state index contributed by atoms with van der Waals surface area (Å²) in [7, 11) is 0. The number of hydrogen-bond donors (Lipinski definition) is 0. The van der Waals surface area contributed by atoms with Crippen molar-refractivity contribution in [3.63, 3.8) is 0 Å². The van der Waals surface area contributed by atoms with E-state index in [2.05, 4.69) is 15.3 Å². The minimum Gasteiger partial charge on any atom is 0 e. The molecule has 0 atom stereocenters. The van der Waals surface area contributed by atoms with E-state index in [-0.39, 0.29) is 76.0 Å². The monoisotopic (exact) mass is 554 g/mol. The fraction of sp³-hybridized carbons (Fsp3) is 0. The van der Waals surface area contributed by atoms with Gasteiger partial charge in [0.25, 0.3) is 0 Å². The van der Waals surface area contributed by atoms with Crippen molar-refractivity contribution in [2.45, 2.75) is 0 Å². The van der Waals surface area contributed by atoms with Gasteiger partial charge < -0.3 is 0 Å². The third kappa shape index (κ3) is 28.2. The van der Waals surface area contributed by atoms with Crippen molar-refractivity contribution >= 4 is 6.74 Å². The van der Waals surface area contributed by atoms with E-state index in [1.807, 2.05) is 0 Å². The molecular weight excluding hydrogens is 552 g/mol. The first-order valence-corrected chi connectivity index (χ1v) is 1.30. The molecule has 0 aromatic heterocycles. The zero-order valence-electron chi connectivity index (χ0n) is 2.82. The Kier molecular flexibility index (Phi) is 265. The molecule has 0 rings (SSSR count). The minimum absolute atomic E-state index is 0. The largest absolute Gasteiger partial charge is 0 e. The zero-order valence-corrected chi connectivity index (χ0v) is 11.8. The standard InChI is InChI=1S/BH2.Co.Fe.Ni.2W/h1H2;;;;;/q+1;;;-1;;. The molecule has 6 heavy (non-hydrogen) atoms. The van der Waals surface area contributed by atoms with Gasteiger partial charge in [-0.2, -0.15) is 0 Å². The number of rotatable bonds is 0. The molecule has 0 aliphatic carbocycles. The molecule has 6 heteroatoms. The SMILES string of the molecule is [BH2][Ni].[Co].[Fe].[W].[W]. The van der Waals surface area contributed by atoms with Crippen LogP contribution >= 0.6 is 0 Å². The van der Waals surface area contributed by atoms with Gasteiger partial charge >= 0.3 is 22.0 Å². The van der Waals surface area contributed by atoms with Crippen molar-refractivity contribution in [1.29, 1.82) is 0 Å². The number of hydrogen-bond acceptors (Lipinski definition) is 0. The molecule has 0 saturated carbocycles. The summed E-state index contributed by atoms with van der Waals surface area (Å²) < 4.78 is 0. The first-order chi connectivity index (χ1) is 1.00. The Balaban J connectivity index is -0.000000000833. The van der Waals surface area contributed by atoms with Crippen LogP contribution < -0.4 is 0 Å². The molecule has 0 amide bonds. The van der Waals surface area contributed by atoms with Gasteiger partial charge in [-0.3, -0.25) is 0 Å². The average molecular weight is 554 g/mol. The molecule has 0 spiro atoms. The Morgan fingerprint density at radius 2 is 1.00 bits per heavy atom. The summed E-state index contributed by atoms with van der Waals surface area (Å²) in [5.41, 5.74) is 0. The van der Waals surface area contributed by atoms with Gasteiger partial charge in [0.1, 0.15) is 0 Å².